The number of rotatable bonds is 4. The molecular weight excluding hydrogens is 408 g/mol. The second-order valence-electron chi connectivity index (χ2n) is 10.2. The molecule has 5 rings (SSSR count). The van der Waals surface area contributed by atoms with Gasteiger partial charge >= 0.3 is 0 Å². The summed E-state index contributed by atoms with van der Waals surface area (Å²) in [5, 5.41) is 4.70. The van der Waals surface area contributed by atoms with E-state index in [2.05, 4.69) is 64.4 Å². The van der Waals surface area contributed by atoms with Gasteiger partial charge in [0, 0.05) is 47.4 Å². The van der Waals surface area contributed by atoms with Gasteiger partial charge in [0.2, 0.25) is 5.91 Å². The molecule has 33 heavy (non-hydrogen) atoms. The van der Waals surface area contributed by atoms with Crippen molar-refractivity contribution in [3.8, 4) is 11.3 Å². The molecule has 1 aromatic carbocycles. The average Bonchev–Trinajstić information content (AvgIpc) is 3.23. The number of likely N-dealkylation sites (tertiary alicyclic amines) is 1. The van der Waals surface area contributed by atoms with Crippen LogP contribution < -0.4 is 5.32 Å². The van der Waals surface area contributed by atoms with E-state index in [1.807, 2.05) is 13.1 Å². The molecule has 2 aliphatic rings. The molecule has 4 heterocycles. The summed E-state index contributed by atoms with van der Waals surface area (Å²) in [6.45, 7) is 10.3. The van der Waals surface area contributed by atoms with Gasteiger partial charge in [-0.15, -0.1) is 0 Å². The second kappa shape index (κ2) is 9.30. The number of H-pyrrole nitrogens is 1. The van der Waals surface area contributed by atoms with Crippen LogP contribution in [-0.4, -0.2) is 47.0 Å². The zero-order chi connectivity index (χ0) is 22.9. The fraction of sp³-hybridized carbons (Fsp3) is 0.500. The van der Waals surface area contributed by atoms with Gasteiger partial charge < -0.3 is 15.2 Å². The summed E-state index contributed by atoms with van der Waals surface area (Å²) in [5.41, 5.74) is 7.45. The number of carbonyl (C=O) groups is 1. The highest BCUT2D eigenvalue weighted by molar-refractivity contribution is 5.92. The maximum atomic E-state index is 12.9. The standard InChI is InChI=1S/C28H36N4O/c1-18(2)26-24-17-22(4-5-25(24)31-27(26)23-8-13-30-19(3)16-23)20-9-14-32(15-10-20)28(33)21-6-11-29-12-7-21/h4-5,8,13,16-18,20-21,29,31H,6-7,9-12,14-15H2,1-3H3. The lowest BCUT2D eigenvalue weighted by molar-refractivity contribution is -0.137. The molecule has 5 nitrogen and oxygen atoms in total. The van der Waals surface area contributed by atoms with E-state index < -0.39 is 0 Å². The number of fused-ring (bicyclic) bond motifs is 1. The molecule has 2 aromatic heterocycles. The van der Waals surface area contributed by atoms with Crippen molar-refractivity contribution in [1.82, 2.24) is 20.2 Å². The minimum absolute atomic E-state index is 0.225. The molecule has 174 valence electrons. The number of benzene rings is 1. The molecule has 0 radical (unpaired) electrons. The summed E-state index contributed by atoms with van der Waals surface area (Å²) in [5.74, 6) is 1.55. The topological polar surface area (TPSA) is 61.0 Å². The summed E-state index contributed by atoms with van der Waals surface area (Å²) >= 11 is 0. The summed E-state index contributed by atoms with van der Waals surface area (Å²) in [6, 6.07) is 11.2. The van der Waals surface area contributed by atoms with E-state index in [0.717, 1.165) is 57.6 Å². The number of aromatic amines is 1. The van der Waals surface area contributed by atoms with Crippen LogP contribution >= 0.6 is 0 Å². The van der Waals surface area contributed by atoms with Gasteiger partial charge in [-0.05, 0) is 92.9 Å². The Bertz CT molecular complexity index is 1130. The summed E-state index contributed by atoms with van der Waals surface area (Å²) in [7, 11) is 0. The summed E-state index contributed by atoms with van der Waals surface area (Å²) in [4.78, 5) is 23.1. The van der Waals surface area contributed by atoms with Gasteiger partial charge in [0.1, 0.15) is 0 Å². The van der Waals surface area contributed by atoms with E-state index >= 15 is 0 Å². The van der Waals surface area contributed by atoms with Gasteiger partial charge in [-0.1, -0.05) is 19.9 Å². The highest BCUT2D eigenvalue weighted by Crippen LogP contribution is 2.38. The lowest BCUT2D eigenvalue weighted by Gasteiger charge is -2.35. The smallest absolute Gasteiger partial charge is 0.225 e. The third-order valence-electron chi connectivity index (χ3n) is 7.59. The maximum Gasteiger partial charge on any atom is 0.225 e. The highest BCUT2D eigenvalue weighted by atomic mass is 16.2. The molecule has 2 fully saturated rings. The first-order valence-electron chi connectivity index (χ1n) is 12.6. The zero-order valence-corrected chi connectivity index (χ0v) is 20.2. The zero-order valence-electron chi connectivity index (χ0n) is 20.2. The number of piperidine rings is 2. The third-order valence-corrected chi connectivity index (χ3v) is 7.59. The predicted octanol–water partition coefficient (Wildman–Crippen LogP) is 5.37. The number of aryl methyl sites for hydroxylation is 1. The van der Waals surface area contributed by atoms with Gasteiger partial charge in [-0.25, -0.2) is 0 Å². The fourth-order valence-electron chi connectivity index (χ4n) is 5.77. The predicted molar refractivity (Wildman–Crippen MR) is 135 cm³/mol. The lowest BCUT2D eigenvalue weighted by atomic mass is 9.86. The van der Waals surface area contributed by atoms with E-state index in [9.17, 15) is 4.79 Å². The van der Waals surface area contributed by atoms with Gasteiger partial charge in [0.05, 0.1) is 5.69 Å². The van der Waals surface area contributed by atoms with Crippen molar-refractivity contribution in [2.45, 2.75) is 58.3 Å². The molecule has 3 aromatic rings. The monoisotopic (exact) mass is 444 g/mol. The molecule has 2 aliphatic heterocycles. The second-order valence-corrected chi connectivity index (χ2v) is 10.2. The number of nitrogens with one attached hydrogen (secondary N) is 2. The molecule has 0 saturated carbocycles. The van der Waals surface area contributed by atoms with Crippen LogP contribution in [0.2, 0.25) is 0 Å². The molecule has 1 amide bonds. The van der Waals surface area contributed by atoms with E-state index in [4.69, 9.17) is 0 Å². The fourth-order valence-corrected chi connectivity index (χ4v) is 5.77. The van der Waals surface area contributed by atoms with Crippen molar-refractivity contribution in [2.24, 2.45) is 5.92 Å². The number of hydrogen-bond donors (Lipinski definition) is 2. The Morgan fingerprint density at radius 3 is 2.52 bits per heavy atom. The minimum atomic E-state index is 0.225. The first kappa shape index (κ1) is 22.1. The highest BCUT2D eigenvalue weighted by Gasteiger charge is 2.30. The van der Waals surface area contributed by atoms with Crippen molar-refractivity contribution in [3.05, 3.63) is 53.3 Å². The Balaban J connectivity index is 1.37. The molecule has 0 spiro atoms. The molecule has 2 saturated heterocycles. The van der Waals surface area contributed by atoms with Gasteiger partial charge in [0.15, 0.2) is 0 Å². The lowest BCUT2D eigenvalue weighted by Crippen LogP contribution is -2.44. The maximum absolute atomic E-state index is 12.9. The van der Waals surface area contributed by atoms with Crippen molar-refractivity contribution in [3.63, 3.8) is 0 Å². The Morgan fingerprint density at radius 2 is 1.82 bits per heavy atom. The molecule has 5 heteroatoms. The van der Waals surface area contributed by atoms with Gasteiger partial charge in [-0.2, -0.15) is 0 Å². The first-order chi connectivity index (χ1) is 16.0. The van der Waals surface area contributed by atoms with Crippen LogP contribution in [0.4, 0.5) is 0 Å². The van der Waals surface area contributed by atoms with Crippen molar-refractivity contribution in [2.75, 3.05) is 26.2 Å². The SMILES string of the molecule is Cc1cc(-c2[nH]c3ccc(C4CCN(C(=O)C5CCNCC5)CC4)cc3c2C(C)C)ccn1. The Labute approximate surface area is 197 Å². The first-order valence-corrected chi connectivity index (χ1v) is 12.6. The van der Waals surface area contributed by atoms with Gasteiger partial charge in [-0.3, -0.25) is 9.78 Å². The molecule has 2 N–H and O–H groups in total. The summed E-state index contributed by atoms with van der Waals surface area (Å²) in [6.07, 6.45) is 5.98. The molecular formula is C28H36N4O. The normalized spacial score (nSPS) is 18.4. The number of carbonyl (C=O) groups excluding carboxylic acids is 1. The van der Waals surface area contributed by atoms with Crippen molar-refractivity contribution >= 4 is 16.8 Å². The van der Waals surface area contributed by atoms with Crippen LogP contribution in [0.1, 0.15) is 68.2 Å². The van der Waals surface area contributed by atoms with Gasteiger partial charge in [0.25, 0.3) is 0 Å². The van der Waals surface area contributed by atoms with Crippen molar-refractivity contribution in [1.29, 1.82) is 0 Å². The molecule has 0 bridgehead atoms. The van der Waals surface area contributed by atoms with Crippen LogP contribution in [0, 0.1) is 12.8 Å². The molecule has 0 atom stereocenters. The quantitative estimate of drug-likeness (QED) is 0.569. The number of nitrogens with zero attached hydrogens (tertiary/aromatic N) is 2. The van der Waals surface area contributed by atoms with E-state index in [0.29, 0.717) is 17.7 Å². The largest absolute Gasteiger partial charge is 0.354 e. The average molecular weight is 445 g/mol. The van der Waals surface area contributed by atoms with Crippen LogP contribution in [0.25, 0.3) is 22.2 Å². The van der Waals surface area contributed by atoms with E-state index in [1.165, 1.54) is 33.3 Å². The Kier molecular flexibility index (Phi) is 6.24. The van der Waals surface area contributed by atoms with E-state index in [-0.39, 0.29) is 5.92 Å². The number of hydrogen-bond acceptors (Lipinski definition) is 3. The number of aromatic nitrogens is 2. The van der Waals surface area contributed by atoms with Crippen LogP contribution in [0.3, 0.4) is 0 Å². The van der Waals surface area contributed by atoms with Crippen LogP contribution in [0.15, 0.2) is 36.5 Å². The minimum Gasteiger partial charge on any atom is -0.354 e. The Hall–Kier alpha value is -2.66. The van der Waals surface area contributed by atoms with E-state index in [1.54, 1.807) is 0 Å². The van der Waals surface area contributed by atoms with Crippen LogP contribution in [-0.2, 0) is 4.79 Å². The third kappa shape index (κ3) is 4.43. The van der Waals surface area contributed by atoms with Crippen LogP contribution in [0.5, 0.6) is 0 Å². The number of amides is 1. The summed E-state index contributed by atoms with van der Waals surface area (Å²) < 4.78 is 0. The number of pyridine rings is 1. The molecule has 0 unspecified atom stereocenters. The molecule has 0 aliphatic carbocycles. The van der Waals surface area contributed by atoms with Crippen molar-refractivity contribution < 1.29 is 4.79 Å². The Morgan fingerprint density at radius 1 is 1.06 bits per heavy atom.